The molecule has 1 aromatic rings. The minimum Gasteiger partial charge on any atom is -0.398 e. The predicted molar refractivity (Wildman–Crippen MR) is 49.6 cm³/mol. The molecule has 0 spiro atoms. The summed E-state index contributed by atoms with van der Waals surface area (Å²) in [4.78, 5) is 0. The van der Waals surface area contributed by atoms with Gasteiger partial charge in [-0.3, -0.25) is 0 Å². The van der Waals surface area contributed by atoms with Crippen molar-refractivity contribution in [3.05, 3.63) is 29.1 Å². The van der Waals surface area contributed by atoms with Crippen molar-refractivity contribution in [1.82, 2.24) is 0 Å². The number of nitrogens with two attached hydrogens (primary N) is 1. The van der Waals surface area contributed by atoms with Crippen LogP contribution in [0.4, 0.5) is 10.1 Å². The van der Waals surface area contributed by atoms with Crippen molar-refractivity contribution in [3.63, 3.8) is 0 Å². The molecule has 1 unspecified atom stereocenters. The van der Waals surface area contributed by atoms with Crippen molar-refractivity contribution in [1.29, 1.82) is 10.5 Å². The van der Waals surface area contributed by atoms with E-state index in [-0.39, 0.29) is 16.8 Å². The van der Waals surface area contributed by atoms with Gasteiger partial charge in [0.05, 0.1) is 17.7 Å². The van der Waals surface area contributed by atoms with E-state index in [1.165, 1.54) is 12.1 Å². The van der Waals surface area contributed by atoms with E-state index in [0.717, 1.165) is 0 Å². The normalized spacial score (nSPS) is 11.4. The fraction of sp³-hybridized carbons (Fsp3) is 0.200. The molecule has 14 heavy (non-hydrogen) atoms. The van der Waals surface area contributed by atoms with Crippen LogP contribution in [0.15, 0.2) is 12.1 Å². The lowest BCUT2D eigenvalue weighted by Gasteiger charge is -2.07. The van der Waals surface area contributed by atoms with Gasteiger partial charge in [-0.05, 0) is 13.0 Å². The molecule has 0 aliphatic carbocycles. The second-order valence-electron chi connectivity index (χ2n) is 2.90. The van der Waals surface area contributed by atoms with Gasteiger partial charge in [-0.25, -0.2) is 4.39 Å². The smallest absolute Gasteiger partial charge is 0.147 e. The fourth-order valence-corrected chi connectivity index (χ4v) is 1.12. The van der Waals surface area contributed by atoms with Gasteiger partial charge < -0.3 is 5.73 Å². The van der Waals surface area contributed by atoms with Gasteiger partial charge in [0.25, 0.3) is 0 Å². The predicted octanol–water partition coefficient (Wildman–Crippen LogP) is 1.91. The average molecular weight is 189 g/mol. The Bertz CT molecular complexity index is 440. The molecule has 0 saturated carbocycles. The molecule has 70 valence electrons. The summed E-state index contributed by atoms with van der Waals surface area (Å²) in [6, 6.07) is 6.44. The molecule has 0 radical (unpaired) electrons. The third-order valence-electron chi connectivity index (χ3n) is 1.98. The third kappa shape index (κ3) is 1.51. The number of hydrogen-bond donors (Lipinski definition) is 1. The summed E-state index contributed by atoms with van der Waals surface area (Å²) in [7, 11) is 0. The lowest BCUT2D eigenvalue weighted by Crippen LogP contribution is -2.01. The van der Waals surface area contributed by atoms with Gasteiger partial charge in [-0.2, -0.15) is 10.5 Å². The number of nitrogen functional groups attached to an aromatic ring is 1. The van der Waals surface area contributed by atoms with E-state index in [4.69, 9.17) is 16.3 Å². The van der Waals surface area contributed by atoms with Crippen molar-refractivity contribution >= 4 is 5.69 Å². The summed E-state index contributed by atoms with van der Waals surface area (Å²) in [5.74, 6) is -1.27. The lowest BCUT2D eigenvalue weighted by atomic mass is 9.99. The monoisotopic (exact) mass is 189 g/mol. The van der Waals surface area contributed by atoms with Crippen LogP contribution in [0.3, 0.4) is 0 Å². The summed E-state index contributed by atoms with van der Waals surface area (Å²) in [6.45, 7) is 1.57. The van der Waals surface area contributed by atoms with Crippen molar-refractivity contribution in [3.8, 4) is 12.1 Å². The van der Waals surface area contributed by atoms with Crippen LogP contribution in [0.5, 0.6) is 0 Å². The first-order chi connectivity index (χ1) is 6.61. The average Bonchev–Trinajstić information content (AvgIpc) is 2.18. The standard InChI is InChI=1S/C10H8FN3/c1-6(4-12)7-2-3-9(14)8(5-13)10(7)11/h2-3,6H,14H2,1H3. The van der Waals surface area contributed by atoms with Crippen molar-refractivity contribution in [2.75, 3.05) is 5.73 Å². The molecule has 0 heterocycles. The number of nitrogens with zero attached hydrogens (tertiary/aromatic N) is 2. The fourth-order valence-electron chi connectivity index (χ4n) is 1.12. The Balaban J connectivity index is 3.39. The highest BCUT2D eigenvalue weighted by Gasteiger charge is 2.15. The zero-order chi connectivity index (χ0) is 10.7. The van der Waals surface area contributed by atoms with Gasteiger partial charge >= 0.3 is 0 Å². The number of benzene rings is 1. The number of rotatable bonds is 1. The summed E-state index contributed by atoms with van der Waals surface area (Å²) < 4.78 is 13.5. The highest BCUT2D eigenvalue weighted by molar-refractivity contribution is 5.57. The first-order valence-corrected chi connectivity index (χ1v) is 3.99. The number of nitriles is 2. The Morgan fingerprint density at radius 2 is 2.07 bits per heavy atom. The molecule has 0 fully saturated rings. The SMILES string of the molecule is CC(C#N)c1ccc(N)c(C#N)c1F. The molecule has 1 aromatic carbocycles. The topological polar surface area (TPSA) is 73.6 Å². The quantitative estimate of drug-likeness (QED) is 0.685. The van der Waals surface area contributed by atoms with Crippen LogP contribution in [0, 0.1) is 28.5 Å². The molecule has 0 aromatic heterocycles. The van der Waals surface area contributed by atoms with Gasteiger partial charge in [-0.1, -0.05) is 6.07 Å². The van der Waals surface area contributed by atoms with Crippen LogP contribution in [0.1, 0.15) is 24.0 Å². The van der Waals surface area contributed by atoms with Crippen molar-refractivity contribution < 1.29 is 4.39 Å². The van der Waals surface area contributed by atoms with E-state index < -0.39 is 11.7 Å². The van der Waals surface area contributed by atoms with Crippen LogP contribution in [-0.2, 0) is 0 Å². The van der Waals surface area contributed by atoms with Gasteiger partial charge in [-0.15, -0.1) is 0 Å². The first kappa shape index (κ1) is 10.0. The molecule has 4 heteroatoms. The van der Waals surface area contributed by atoms with Crippen LogP contribution in [-0.4, -0.2) is 0 Å². The van der Waals surface area contributed by atoms with Gasteiger partial charge in [0.15, 0.2) is 0 Å². The molecule has 0 bridgehead atoms. The molecule has 0 saturated heterocycles. The molecular formula is C10H8FN3. The van der Waals surface area contributed by atoms with Gasteiger partial charge in [0.1, 0.15) is 17.4 Å². The van der Waals surface area contributed by atoms with Crippen LogP contribution in [0.25, 0.3) is 0 Å². The molecule has 0 amide bonds. The minimum absolute atomic E-state index is 0.0962. The summed E-state index contributed by atoms with van der Waals surface area (Å²) in [6.07, 6.45) is 0. The van der Waals surface area contributed by atoms with Gasteiger partial charge in [0.2, 0.25) is 0 Å². The molecule has 1 atom stereocenters. The summed E-state index contributed by atoms with van der Waals surface area (Å²) in [5.41, 5.74) is 5.51. The maximum Gasteiger partial charge on any atom is 0.147 e. The number of hydrogen-bond acceptors (Lipinski definition) is 3. The maximum absolute atomic E-state index is 13.5. The van der Waals surface area contributed by atoms with Crippen molar-refractivity contribution in [2.24, 2.45) is 0 Å². The summed E-state index contributed by atoms with van der Waals surface area (Å²) >= 11 is 0. The Labute approximate surface area is 81.2 Å². The molecule has 3 nitrogen and oxygen atoms in total. The Morgan fingerprint density at radius 1 is 1.43 bits per heavy atom. The van der Waals surface area contributed by atoms with E-state index in [0.29, 0.717) is 0 Å². The number of anilines is 1. The Kier molecular flexibility index (Phi) is 2.69. The second-order valence-corrected chi connectivity index (χ2v) is 2.90. The Morgan fingerprint density at radius 3 is 2.57 bits per heavy atom. The molecule has 2 N–H and O–H groups in total. The van der Waals surface area contributed by atoms with Crippen molar-refractivity contribution in [2.45, 2.75) is 12.8 Å². The third-order valence-corrected chi connectivity index (χ3v) is 1.98. The zero-order valence-electron chi connectivity index (χ0n) is 7.58. The molecule has 0 aliphatic heterocycles. The zero-order valence-corrected chi connectivity index (χ0v) is 7.58. The van der Waals surface area contributed by atoms with E-state index in [1.54, 1.807) is 13.0 Å². The highest BCUT2D eigenvalue weighted by Crippen LogP contribution is 2.24. The van der Waals surface area contributed by atoms with E-state index in [1.807, 2.05) is 6.07 Å². The maximum atomic E-state index is 13.5. The van der Waals surface area contributed by atoms with E-state index in [2.05, 4.69) is 0 Å². The Hall–Kier alpha value is -2.07. The minimum atomic E-state index is -0.693. The first-order valence-electron chi connectivity index (χ1n) is 3.99. The lowest BCUT2D eigenvalue weighted by molar-refractivity contribution is 0.603. The van der Waals surface area contributed by atoms with Crippen LogP contribution in [0.2, 0.25) is 0 Å². The van der Waals surface area contributed by atoms with Gasteiger partial charge in [0, 0.05) is 5.56 Å². The highest BCUT2D eigenvalue weighted by atomic mass is 19.1. The molecule has 0 aliphatic rings. The summed E-state index contributed by atoms with van der Waals surface area (Å²) in [5, 5.41) is 17.2. The molecule has 1 rings (SSSR count). The van der Waals surface area contributed by atoms with Crippen LogP contribution >= 0.6 is 0 Å². The number of halogens is 1. The largest absolute Gasteiger partial charge is 0.398 e. The molecular weight excluding hydrogens is 181 g/mol. The van der Waals surface area contributed by atoms with E-state index in [9.17, 15) is 4.39 Å². The van der Waals surface area contributed by atoms with Crippen LogP contribution < -0.4 is 5.73 Å². The van der Waals surface area contributed by atoms with E-state index >= 15 is 0 Å². The second kappa shape index (κ2) is 3.76.